The van der Waals surface area contributed by atoms with Gasteiger partial charge in [-0.05, 0) is 61.7 Å². The Kier molecular flexibility index (Phi) is 4.73. The first-order valence-electron chi connectivity index (χ1n) is 8.75. The van der Waals surface area contributed by atoms with E-state index < -0.39 is 0 Å². The van der Waals surface area contributed by atoms with Crippen molar-refractivity contribution in [1.82, 2.24) is 4.90 Å². The van der Waals surface area contributed by atoms with Crippen molar-refractivity contribution >= 4 is 18.3 Å². The summed E-state index contributed by atoms with van der Waals surface area (Å²) >= 11 is 0. The maximum absolute atomic E-state index is 12.8. The number of nitrogens with two attached hydrogens (primary N) is 1. The van der Waals surface area contributed by atoms with Crippen molar-refractivity contribution in [3.8, 4) is 0 Å². The third-order valence-electron chi connectivity index (χ3n) is 6.45. The molecule has 1 aliphatic heterocycles. The summed E-state index contributed by atoms with van der Waals surface area (Å²) in [4.78, 5) is 14.8. The summed E-state index contributed by atoms with van der Waals surface area (Å²) in [6.07, 6.45) is 9.10. The highest BCUT2D eigenvalue weighted by atomic mass is 35.5. The van der Waals surface area contributed by atoms with Crippen LogP contribution in [0.1, 0.15) is 44.9 Å². The number of carbonyl (C=O) groups is 1. The molecule has 0 radical (unpaired) electrons. The predicted molar refractivity (Wildman–Crippen MR) is 87.8 cm³/mol. The molecule has 5 rings (SSSR count). The SMILES string of the molecule is Cl.NCC1CN(C(=O)CC23CC4CC(CC(C4)C2)C3)CCO1. The van der Waals surface area contributed by atoms with Crippen molar-refractivity contribution in [3.63, 3.8) is 0 Å². The highest BCUT2D eigenvalue weighted by molar-refractivity contribution is 5.85. The topological polar surface area (TPSA) is 55.6 Å². The second-order valence-corrected chi connectivity index (χ2v) is 8.16. The molecule has 1 atom stereocenters. The second kappa shape index (κ2) is 6.29. The van der Waals surface area contributed by atoms with Gasteiger partial charge in [-0.1, -0.05) is 0 Å². The number of hydrogen-bond donors (Lipinski definition) is 1. The molecule has 22 heavy (non-hydrogen) atoms. The van der Waals surface area contributed by atoms with Gasteiger partial charge in [0, 0.05) is 26.1 Å². The lowest BCUT2D eigenvalue weighted by Crippen LogP contribution is -2.52. The van der Waals surface area contributed by atoms with Gasteiger partial charge in [-0.2, -0.15) is 0 Å². The van der Waals surface area contributed by atoms with Gasteiger partial charge >= 0.3 is 0 Å². The van der Waals surface area contributed by atoms with E-state index in [9.17, 15) is 4.79 Å². The van der Waals surface area contributed by atoms with Crippen LogP contribution in [0.5, 0.6) is 0 Å². The molecule has 0 aromatic heterocycles. The molecular weight excluding hydrogens is 300 g/mol. The van der Waals surface area contributed by atoms with Crippen LogP contribution in [0.3, 0.4) is 0 Å². The third kappa shape index (κ3) is 3.02. The Balaban J connectivity index is 0.00000144. The van der Waals surface area contributed by atoms with E-state index in [1.165, 1.54) is 38.5 Å². The first-order valence-corrected chi connectivity index (χ1v) is 8.75. The number of rotatable bonds is 3. The average Bonchev–Trinajstić information content (AvgIpc) is 2.45. The molecule has 0 spiro atoms. The molecule has 4 saturated carbocycles. The summed E-state index contributed by atoms with van der Waals surface area (Å²) in [6.45, 7) is 2.61. The number of hydrogen-bond acceptors (Lipinski definition) is 3. The molecule has 1 heterocycles. The number of amides is 1. The summed E-state index contributed by atoms with van der Waals surface area (Å²) in [6, 6.07) is 0. The van der Waals surface area contributed by atoms with E-state index in [4.69, 9.17) is 10.5 Å². The minimum absolute atomic E-state index is 0. The lowest BCUT2D eigenvalue weighted by Gasteiger charge is -2.57. The molecule has 4 bridgehead atoms. The van der Waals surface area contributed by atoms with Gasteiger partial charge in [-0.25, -0.2) is 0 Å². The van der Waals surface area contributed by atoms with Gasteiger partial charge < -0.3 is 15.4 Å². The van der Waals surface area contributed by atoms with Crippen molar-refractivity contribution in [2.75, 3.05) is 26.2 Å². The van der Waals surface area contributed by atoms with Crippen LogP contribution in [0.4, 0.5) is 0 Å². The molecule has 4 aliphatic carbocycles. The van der Waals surface area contributed by atoms with Crippen LogP contribution in [0.15, 0.2) is 0 Å². The third-order valence-corrected chi connectivity index (χ3v) is 6.45. The van der Waals surface area contributed by atoms with Crippen molar-refractivity contribution < 1.29 is 9.53 Å². The lowest BCUT2D eigenvalue weighted by atomic mass is 9.49. The summed E-state index contributed by atoms with van der Waals surface area (Å²) in [5.74, 6) is 3.13. The molecule has 1 saturated heterocycles. The second-order valence-electron chi connectivity index (χ2n) is 8.16. The Morgan fingerprint density at radius 3 is 2.27 bits per heavy atom. The van der Waals surface area contributed by atoms with E-state index in [1.807, 2.05) is 4.90 Å². The van der Waals surface area contributed by atoms with Crippen LogP contribution >= 0.6 is 12.4 Å². The lowest BCUT2D eigenvalue weighted by molar-refractivity contribution is -0.146. The highest BCUT2D eigenvalue weighted by Gasteiger charge is 2.51. The van der Waals surface area contributed by atoms with Crippen LogP contribution in [0.25, 0.3) is 0 Å². The normalized spacial score (nSPS) is 43.0. The van der Waals surface area contributed by atoms with Crippen LogP contribution in [-0.2, 0) is 9.53 Å². The zero-order valence-electron chi connectivity index (χ0n) is 13.3. The van der Waals surface area contributed by atoms with E-state index in [0.29, 0.717) is 31.0 Å². The largest absolute Gasteiger partial charge is 0.373 e. The van der Waals surface area contributed by atoms with Gasteiger partial charge in [0.25, 0.3) is 0 Å². The van der Waals surface area contributed by atoms with E-state index in [0.717, 1.165) is 30.7 Å². The number of carbonyl (C=O) groups excluding carboxylic acids is 1. The fourth-order valence-corrected chi connectivity index (χ4v) is 6.03. The molecule has 0 aromatic carbocycles. The minimum Gasteiger partial charge on any atom is -0.373 e. The molecule has 2 N–H and O–H groups in total. The first-order chi connectivity index (χ1) is 10.2. The zero-order valence-corrected chi connectivity index (χ0v) is 14.2. The maximum atomic E-state index is 12.8. The van der Waals surface area contributed by atoms with Gasteiger partial charge in [0.2, 0.25) is 5.91 Å². The van der Waals surface area contributed by atoms with Crippen LogP contribution in [0.2, 0.25) is 0 Å². The van der Waals surface area contributed by atoms with Gasteiger partial charge in [0.15, 0.2) is 0 Å². The summed E-state index contributed by atoms with van der Waals surface area (Å²) in [5.41, 5.74) is 6.04. The Hall–Kier alpha value is -0.320. The van der Waals surface area contributed by atoms with Crippen molar-refractivity contribution in [2.24, 2.45) is 28.9 Å². The number of nitrogens with zero attached hydrogens (tertiary/aromatic N) is 1. The Bertz CT molecular complexity index is 394. The van der Waals surface area contributed by atoms with Crippen LogP contribution < -0.4 is 5.73 Å². The van der Waals surface area contributed by atoms with Gasteiger partial charge in [-0.3, -0.25) is 4.79 Å². The Labute approximate surface area is 139 Å². The highest BCUT2D eigenvalue weighted by Crippen LogP contribution is 2.61. The molecule has 1 amide bonds. The van der Waals surface area contributed by atoms with E-state index >= 15 is 0 Å². The zero-order chi connectivity index (χ0) is 14.4. The maximum Gasteiger partial charge on any atom is 0.223 e. The fourth-order valence-electron chi connectivity index (χ4n) is 6.03. The molecule has 0 aromatic rings. The van der Waals surface area contributed by atoms with Crippen LogP contribution in [-0.4, -0.2) is 43.2 Å². The smallest absolute Gasteiger partial charge is 0.223 e. The first kappa shape index (κ1) is 16.5. The van der Waals surface area contributed by atoms with Crippen molar-refractivity contribution in [1.29, 1.82) is 0 Å². The Morgan fingerprint density at radius 1 is 1.14 bits per heavy atom. The molecule has 4 nitrogen and oxygen atoms in total. The molecular formula is C17H29ClN2O2. The molecule has 5 heteroatoms. The van der Waals surface area contributed by atoms with Gasteiger partial charge in [-0.15, -0.1) is 12.4 Å². The molecule has 5 fully saturated rings. The predicted octanol–water partition coefficient (Wildman–Crippen LogP) is 2.20. The quantitative estimate of drug-likeness (QED) is 0.864. The number of ether oxygens (including phenoxy) is 1. The van der Waals surface area contributed by atoms with Gasteiger partial charge in [0.05, 0.1) is 12.7 Å². The Morgan fingerprint density at radius 2 is 1.73 bits per heavy atom. The molecule has 1 unspecified atom stereocenters. The fraction of sp³-hybridized carbons (Fsp3) is 0.941. The number of halogens is 1. The van der Waals surface area contributed by atoms with Crippen LogP contribution in [0, 0.1) is 23.2 Å². The van der Waals surface area contributed by atoms with Gasteiger partial charge in [0.1, 0.15) is 0 Å². The minimum atomic E-state index is 0. The number of morpholine rings is 1. The van der Waals surface area contributed by atoms with Crippen molar-refractivity contribution in [2.45, 2.75) is 51.0 Å². The molecule has 126 valence electrons. The summed E-state index contributed by atoms with van der Waals surface area (Å²) in [7, 11) is 0. The monoisotopic (exact) mass is 328 g/mol. The van der Waals surface area contributed by atoms with E-state index in [2.05, 4.69) is 0 Å². The van der Waals surface area contributed by atoms with Crippen molar-refractivity contribution in [3.05, 3.63) is 0 Å². The van der Waals surface area contributed by atoms with E-state index in [1.54, 1.807) is 0 Å². The average molecular weight is 329 g/mol. The standard InChI is InChI=1S/C17H28N2O2.ClH/c18-10-15-11-19(1-2-21-15)16(20)9-17-6-12-3-13(7-17)5-14(4-12)8-17;/h12-15H,1-11,18H2;1H. The summed E-state index contributed by atoms with van der Waals surface area (Å²) in [5, 5.41) is 0. The molecule has 5 aliphatic rings. The van der Waals surface area contributed by atoms with E-state index in [-0.39, 0.29) is 18.5 Å². The summed E-state index contributed by atoms with van der Waals surface area (Å²) < 4.78 is 5.58.